The molecule has 0 aliphatic carbocycles. The number of imidazole rings is 1. The summed E-state index contributed by atoms with van der Waals surface area (Å²) in [7, 11) is 3.21. The fraction of sp³-hybridized carbons (Fsp3) is 0.346. The van der Waals surface area contributed by atoms with Gasteiger partial charge in [0.2, 0.25) is 0 Å². The molecule has 0 amide bonds. The minimum Gasteiger partial charge on any atom is -0.493 e. The normalized spacial score (nSPS) is 14.2. The Morgan fingerprint density at radius 1 is 0.972 bits per heavy atom. The van der Waals surface area contributed by atoms with E-state index in [1.807, 2.05) is 29.7 Å². The van der Waals surface area contributed by atoms with E-state index in [0.29, 0.717) is 46.4 Å². The van der Waals surface area contributed by atoms with Crippen LogP contribution in [0.3, 0.4) is 0 Å². The van der Waals surface area contributed by atoms with Gasteiger partial charge in [-0.3, -0.25) is 9.47 Å². The van der Waals surface area contributed by atoms with Crippen LogP contribution in [0, 0.1) is 12.7 Å². The lowest BCUT2D eigenvalue weighted by molar-refractivity contribution is 0.0398. The molecular weight excluding hydrogens is 463 g/mol. The SMILES string of the molecule is COc1ccc(-n2c(C)nc3c(NCCN4CCOCC4)nc(-c4ccc(F)cc4)nc32)cc1OC. The Morgan fingerprint density at radius 2 is 1.72 bits per heavy atom. The smallest absolute Gasteiger partial charge is 0.170 e. The lowest BCUT2D eigenvalue weighted by Crippen LogP contribution is -2.39. The molecule has 4 aromatic rings. The number of halogens is 1. The zero-order chi connectivity index (χ0) is 25.1. The second-order valence-corrected chi connectivity index (χ2v) is 8.49. The summed E-state index contributed by atoms with van der Waals surface area (Å²) < 4.78 is 31.9. The number of aryl methyl sites for hydroxylation is 1. The van der Waals surface area contributed by atoms with Crippen LogP contribution in [0.15, 0.2) is 42.5 Å². The molecule has 2 aromatic carbocycles. The number of aromatic nitrogens is 4. The van der Waals surface area contributed by atoms with Gasteiger partial charge in [0, 0.05) is 37.8 Å². The third kappa shape index (κ3) is 4.82. The number of anilines is 1. The highest BCUT2D eigenvalue weighted by atomic mass is 19.1. The summed E-state index contributed by atoms with van der Waals surface area (Å²) in [4.78, 5) is 16.8. The Morgan fingerprint density at radius 3 is 2.44 bits per heavy atom. The number of methoxy groups -OCH3 is 2. The van der Waals surface area contributed by atoms with Crippen LogP contribution >= 0.6 is 0 Å². The van der Waals surface area contributed by atoms with Crippen LogP contribution in [0.2, 0.25) is 0 Å². The van der Waals surface area contributed by atoms with Gasteiger partial charge in [0.05, 0.1) is 33.1 Å². The van der Waals surface area contributed by atoms with Crippen molar-refractivity contribution in [2.45, 2.75) is 6.92 Å². The van der Waals surface area contributed by atoms with E-state index in [0.717, 1.165) is 44.4 Å². The predicted molar refractivity (Wildman–Crippen MR) is 136 cm³/mol. The van der Waals surface area contributed by atoms with E-state index in [1.165, 1.54) is 12.1 Å². The van der Waals surface area contributed by atoms with Crippen LogP contribution in [-0.2, 0) is 4.74 Å². The summed E-state index contributed by atoms with van der Waals surface area (Å²) in [6.45, 7) is 6.80. The maximum atomic E-state index is 13.6. The Bertz CT molecular complexity index is 1350. The minimum absolute atomic E-state index is 0.310. The van der Waals surface area contributed by atoms with Crippen LogP contribution in [-0.4, -0.2) is 78.0 Å². The van der Waals surface area contributed by atoms with E-state index in [1.54, 1.807) is 26.4 Å². The molecule has 0 saturated carbocycles. The molecule has 2 aromatic heterocycles. The maximum absolute atomic E-state index is 13.6. The first-order valence-corrected chi connectivity index (χ1v) is 11.9. The summed E-state index contributed by atoms with van der Waals surface area (Å²) in [6, 6.07) is 11.8. The van der Waals surface area contributed by atoms with E-state index < -0.39 is 0 Å². The number of benzene rings is 2. The fourth-order valence-corrected chi connectivity index (χ4v) is 4.35. The number of rotatable bonds is 8. The summed E-state index contributed by atoms with van der Waals surface area (Å²) in [5.74, 6) is 2.80. The lowest BCUT2D eigenvalue weighted by atomic mass is 10.2. The van der Waals surface area contributed by atoms with Crippen molar-refractivity contribution < 1.29 is 18.6 Å². The molecule has 10 heteroatoms. The van der Waals surface area contributed by atoms with Gasteiger partial charge in [-0.1, -0.05) is 0 Å². The molecule has 0 bridgehead atoms. The predicted octanol–water partition coefficient (Wildman–Crippen LogP) is 3.69. The summed E-state index contributed by atoms with van der Waals surface area (Å²) in [5.41, 5.74) is 2.85. The first-order chi connectivity index (χ1) is 17.6. The molecule has 0 radical (unpaired) electrons. The Kier molecular flexibility index (Phi) is 6.97. The monoisotopic (exact) mass is 492 g/mol. The van der Waals surface area contributed by atoms with Crippen LogP contribution < -0.4 is 14.8 Å². The number of hydrogen-bond donors (Lipinski definition) is 1. The van der Waals surface area contributed by atoms with Gasteiger partial charge in [-0.25, -0.2) is 19.3 Å². The quantitative estimate of drug-likeness (QED) is 0.399. The maximum Gasteiger partial charge on any atom is 0.170 e. The molecule has 36 heavy (non-hydrogen) atoms. The van der Waals surface area contributed by atoms with Crippen LogP contribution in [0.25, 0.3) is 28.2 Å². The van der Waals surface area contributed by atoms with Crippen molar-refractivity contribution in [3.05, 3.63) is 54.1 Å². The molecule has 9 nitrogen and oxygen atoms in total. The zero-order valence-corrected chi connectivity index (χ0v) is 20.6. The van der Waals surface area contributed by atoms with Crippen molar-refractivity contribution in [2.24, 2.45) is 0 Å². The first-order valence-electron chi connectivity index (χ1n) is 11.9. The number of fused-ring (bicyclic) bond motifs is 1. The van der Waals surface area contributed by atoms with Gasteiger partial charge in [0.25, 0.3) is 0 Å². The Balaban J connectivity index is 1.58. The number of ether oxygens (including phenoxy) is 3. The summed E-state index contributed by atoms with van der Waals surface area (Å²) in [5, 5.41) is 3.46. The van der Waals surface area contributed by atoms with Gasteiger partial charge in [-0.2, -0.15) is 0 Å². The molecule has 1 saturated heterocycles. The zero-order valence-electron chi connectivity index (χ0n) is 20.6. The number of nitrogens with one attached hydrogen (secondary N) is 1. The molecule has 3 heterocycles. The van der Waals surface area contributed by atoms with Crippen molar-refractivity contribution >= 4 is 17.0 Å². The van der Waals surface area contributed by atoms with E-state index in [9.17, 15) is 4.39 Å². The van der Waals surface area contributed by atoms with Crippen LogP contribution in [0.4, 0.5) is 10.2 Å². The molecule has 1 fully saturated rings. The Labute approximate surface area is 208 Å². The van der Waals surface area contributed by atoms with Crippen molar-refractivity contribution in [3.8, 4) is 28.6 Å². The first kappa shape index (κ1) is 24.0. The van der Waals surface area contributed by atoms with Gasteiger partial charge >= 0.3 is 0 Å². The van der Waals surface area contributed by atoms with Gasteiger partial charge in [0.1, 0.15) is 11.6 Å². The second-order valence-electron chi connectivity index (χ2n) is 8.49. The third-order valence-corrected chi connectivity index (χ3v) is 6.23. The molecule has 1 aliphatic heterocycles. The average molecular weight is 493 g/mol. The minimum atomic E-state index is -0.310. The van der Waals surface area contributed by atoms with Gasteiger partial charge in [-0.15, -0.1) is 0 Å². The highest BCUT2D eigenvalue weighted by Gasteiger charge is 2.19. The van der Waals surface area contributed by atoms with Gasteiger partial charge in [0.15, 0.2) is 34.3 Å². The molecule has 0 unspecified atom stereocenters. The molecule has 1 aliphatic rings. The van der Waals surface area contributed by atoms with Crippen LogP contribution in [0.5, 0.6) is 11.5 Å². The van der Waals surface area contributed by atoms with E-state index in [-0.39, 0.29) is 5.82 Å². The third-order valence-electron chi connectivity index (χ3n) is 6.23. The van der Waals surface area contributed by atoms with Crippen molar-refractivity contribution in [1.82, 2.24) is 24.4 Å². The summed E-state index contributed by atoms with van der Waals surface area (Å²) >= 11 is 0. The highest BCUT2D eigenvalue weighted by Crippen LogP contribution is 2.33. The van der Waals surface area contributed by atoms with Crippen molar-refractivity contribution in [3.63, 3.8) is 0 Å². The molecule has 188 valence electrons. The topological polar surface area (TPSA) is 86.6 Å². The highest BCUT2D eigenvalue weighted by molar-refractivity contribution is 5.87. The lowest BCUT2D eigenvalue weighted by Gasteiger charge is -2.26. The molecule has 0 spiro atoms. The standard InChI is InChI=1S/C26H29FN6O3/c1-17-29-23-25(28-10-11-32-12-14-36-15-13-32)30-24(18-4-6-19(27)7-5-18)31-26(23)33(17)20-8-9-21(34-2)22(16-20)35-3/h4-9,16H,10-15H2,1-3H3,(H,28,30,31). The molecule has 1 N–H and O–H groups in total. The van der Waals surface area contributed by atoms with Gasteiger partial charge in [-0.05, 0) is 43.3 Å². The van der Waals surface area contributed by atoms with Crippen LogP contribution in [0.1, 0.15) is 5.82 Å². The number of hydrogen-bond acceptors (Lipinski definition) is 8. The second kappa shape index (κ2) is 10.5. The van der Waals surface area contributed by atoms with Gasteiger partial charge < -0.3 is 19.5 Å². The number of nitrogens with zero attached hydrogens (tertiary/aromatic N) is 5. The molecule has 0 atom stereocenters. The van der Waals surface area contributed by atoms with Crippen molar-refractivity contribution in [2.75, 3.05) is 58.9 Å². The average Bonchev–Trinajstić information content (AvgIpc) is 3.25. The van der Waals surface area contributed by atoms with Crippen molar-refractivity contribution in [1.29, 1.82) is 0 Å². The fourth-order valence-electron chi connectivity index (χ4n) is 4.35. The van der Waals surface area contributed by atoms with E-state index in [4.69, 9.17) is 29.2 Å². The summed E-state index contributed by atoms with van der Waals surface area (Å²) in [6.07, 6.45) is 0. The van der Waals surface area contributed by atoms with E-state index >= 15 is 0 Å². The molecular formula is C26H29FN6O3. The number of morpholine rings is 1. The molecule has 5 rings (SSSR count). The Hall–Kier alpha value is -3.76. The largest absolute Gasteiger partial charge is 0.493 e. The van der Waals surface area contributed by atoms with E-state index in [2.05, 4.69) is 10.2 Å².